The van der Waals surface area contributed by atoms with Gasteiger partial charge in [0, 0.05) is 43.9 Å². The number of halogens is 5. The first-order valence-corrected chi connectivity index (χ1v) is 7.73. The maximum Gasteiger partial charge on any atom is 0.416 e. The van der Waals surface area contributed by atoms with E-state index in [0.717, 1.165) is 32.2 Å². The van der Waals surface area contributed by atoms with Crippen LogP contribution in [0, 0.1) is 0 Å². The molecule has 1 aromatic carbocycles. The van der Waals surface area contributed by atoms with Crippen molar-refractivity contribution in [3.8, 4) is 0 Å². The summed E-state index contributed by atoms with van der Waals surface area (Å²) in [4.78, 5) is 2.15. The zero-order chi connectivity index (χ0) is 16.2. The topological polar surface area (TPSA) is 35.5 Å². The van der Waals surface area contributed by atoms with Gasteiger partial charge in [-0.25, -0.2) is 0 Å². The lowest BCUT2D eigenvalue weighted by atomic mass is 9.97. The van der Waals surface area contributed by atoms with Crippen LogP contribution in [0.5, 0.6) is 0 Å². The molecule has 0 aromatic heterocycles. The van der Waals surface area contributed by atoms with E-state index in [1.165, 1.54) is 6.07 Å². The van der Waals surface area contributed by atoms with Gasteiger partial charge in [0.05, 0.1) is 5.56 Å². The molecule has 3 nitrogen and oxygen atoms in total. The van der Waals surface area contributed by atoms with Crippen LogP contribution in [-0.2, 0) is 6.18 Å². The van der Waals surface area contributed by atoms with Crippen molar-refractivity contribution in [2.75, 3.05) is 32.8 Å². The lowest BCUT2D eigenvalue weighted by Gasteiger charge is -2.35. The maximum absolute atomic E-state index is 13.0. The molecule has 1 aromatic rings. The predicted octanol–water partition coefficient (Wildman–Crippen LogP) is 3.50. The van der Waals surface area contributed by atoms with E-state index < -0.39 is 11.7 Å². The largest absolute Gasteiger partial charge is 0.416 e. The van der Waals surface area contributed by atoms with Crippen LogP contribution in [-0.4, -0.2) is 42.8 Å². The second-order valence-electron chi connectivity index (χ2n) is 5.44. The van der Waals surface area contributed by atoms with Gasteiger partial charge in [-0.3, -0.25) is 4.90 Å². The minimum absolute atomic E-state index is 0. The first-order valence-electron chi connectivity index (χ1n) is 7.35. The van der Waals surface area contributed by atoms with Gasteiger partial charge in [0.15, 0.2) is 0 Å². The summed E-state index contributed by atoms with van der Waals surface area (Å²) in [7, 11) is 0. The summed E-state index contributed by atoms with van der Waals surface area (Å²) < 4.78 is 38.9. The van der Waals surface area contributed by atoms with E-state index in [-0.39, 0.29) is 30.1 Å². The number of nitrogens with zero attached hydrogens (tertiary/aromatic N) is 1. The van der Waals surface area contributed by atoms with Crippen molar-refractivity contribution < 1.29 is 18.3 Å². The van der Waals surface area contributed by atoms with Gasteiger partial charge in [-0.15, -0.1) is 12.4 Å². The van der Waals surface area contributed by atoms with Crippen molar-refractivity contribution in [1.82, 2.24) is 10.2 Å². The molecule has 0 radical (unpaired) electrons. The number of alkyl halides is 3. The van der Waals surface area contributed by atoms with E-state index in [0.29, 0.717) is 18.4 Å². The highest BCUT2D eigenvalue weighted by Gasteiger charge is 2.32. The molecule has 2 N–H and O–H groups in total. The molecule has 2 rings (SSSR count). The van der Waals surface area contributed by atoms with Gasteiger partial charge >= 0.3 is 6.18 Å². The maximum atomic E-state index is 13.0. The zero-order valence-electron chi connectivity index (χ0n) is 12.6. The molecule has 1 fully saturated rings. The third-order valence-corrected chi connectivity index (χ3v) is 4.08. The van der Waals surface area contributed by atoms with E-state index in [2.05, 4.69) is 10.2 Å². The van der Waals surface area contributed by atoms with Crippen molar-refractivity contribution in [3.05, 3.63) is 34.3 Å². The lowest BCUT2D eigenvalue weighted by molar-refractivity contribution is -0.137. The summed E-state index contributed by atoms with van der Waals surface area (Å²) in [5, 5.41) is 12.4. The Kier molecular flexibility index (Phi) is 8.10. The highest BCUT2D eigenvalue weighted by Crippen LogP contribution is 2.35. The van der Waals surface area contributed by atoms with Gasteiger partial charge in [0.25, 0.3) is 0 Å². The summed E-state index contributed by atoms with van der Waals surface area (Å²) in [6, 6.07) is 3.57. The molecule has 0 bridgehead atoms. The average Bonchev–Trinajstić information content (AvgIpc) is 2.47. The molecule has 0 saturated carbocycles. The van der Waals surface area contributed by atoms with Gasteiger partial charge in [-0.05, 0) is 36.6 Å². The number of nitrogens with one attached hydrogen (secondary N) is 1. The molecule has 132 valence electrons. The SMILES string of the molecule is Cl.OCCC[C@@H](c1cc(Cl)cc(C(F)(F)F)c1)N1CCNCC1. The Hall–Kier alpha value is -0.530. The fraction of sp³-hybridized carbons (Fsp3) is 0.600. The molecule has 1 saturated heterocycles. The summed E-state index contributed by atoms with van der Waals surface area (Å²) in [6.07, 6.45) is -3.26. The van der Waals surface area contributed by atoms with Gasteiger partial charge < -0.3 is 10.4 Å². The van der Waals surface area contributed by atoms with E-state index in [9.17, 15) is 13.2 Å². The van der Waals surface area contributed by atoms with Crippen LogP contribution >= 0.6 is 24.0 Å². The Morgan fingerprint density at radius 1 is 1.22 bits per heavy atom. The minimum atomic E-state index is -4.41. The Morgan fingerprint density at radius 2 is 1.87 bits per heavy atom. The van der Waals surface area contributed by atoms with Crippen LogP contribution in [0.25, 0.3) is 0 Å². The molecule has 1 heterocycles. The van der Waals surface area contributed by atoms with Crippen LogP contribution in [0.2, 0.25) is 5.02 Å². The molecule has 0 spiro atoms. The first-order chi connectivity index (χ1) is 10.4. The number of benzene rings is 1. The molecule has 0 unspecified atom stereocenters. The average molecular weight is 373 g/mol. The van der Waals surface area contributed by atoms with Crippen LogP contribution in [0.4, 0.5) is 13.2 Å². The van der Waals surface area contributed by atoms with E-state index in [1.54, 1.807) is 6.07 Å². The molecule has 8 heteroatoms. The molecule has 23 heavy (non-hydrogen) atoms. The second kappa shape index (κ2) is 9.08. The van der Waals surface area contributed by atoms with Crippen LogP contribution in [0.1, 0.15) is 30.0 Å². The van der Waals surface area contributed by atoms with Crippen molar-refractivity contribution in [3.63, 3.8) is 0 Å². The standard InChI is InChI=1S/C15H20ClF3N2O.ClH/c16-13-9-11(8-12(10-13)15(17,18)19)14(2-1-7-22)21-5-3-20-4-6-21;/h8-10,14,20,22H,1-7H2;1H/t14-;/m0./s1. The Morgan fingerprint density at radius 3 is 2.43 bits per heavy atom. The third-order valence-electron chi connectivity index (χ3n) is 3.86. The smallest absolute Gasteiger partial charge is 0.396 e. The summed E-state index contributed by atoms with van der Waals surface area (Å²) in [5.41, 5.74) is -0.158. The van der Waals surface area contributed by atoms with E-state index >= 15 is 0 Å². The quantitative estimate of drug-likeness (QED) is 0.830. The lowest BCUT2D eigenvalue weighted by Crippen LogP contribution is -2.45. The van der Waals surface area contributed by atoms with Crippen molar-refractivity contribution in [1.29, 1.82) is 0 Å². The number of hydrogen-bond donors (Lipinski definition) is 2. The fourth-order valence-corrected chi connectivity index (χ4v) is 3.05. The zero-order valence-corrected chi connectivity index (χ0v) is 14.1. The number of piperazine rings is 1. The minimum Gasteiger partial charge on any atom is -0.396 e. The van der Waals surface area contributed by atoms with Crippen molar-refractivity contribution in [2.24, 2.45) is 0 Å². The summed E-state index contributed by atoms with van der Waals surface area (Å²) in [6.45, 7) is 3.17. The number of aliphatic hydroxyl groups is 1. The predicted molar refractivity (Wildman–Crippen MR) is 87.2 cm³/mol. The van der Waals surface area contributed by atoms with Crippen LogP contribution < -0.4 is 5.32 Å². The number of rotatable bonds is 5. The Labute approximate surface area is 145 Å². The molecule has 1 aliphatic rings. The molecule has 0 aliphatic carbocycles. The van der Waals surface area contributed by atoms with Crippen LogP contribution in [0.15, 0.2) is 18.2 Å². The normalized spacial score (nSPS) is 17.6. The van der Waals surface area contributed by atoms with Gasteiger partial charge in [-0.1, -0.05) is 11.6 Å². The number of aliphatic hydroxyl groups excluding tert-OH is 1. The van der Waals surface area contributed by atoms with Gasteiger partial charge in [-0.2, -0.15) is 13.2 Å². The monoisotopic (exact) mass is 372 g/mol. The molecular weight excluding hydrogens is 352 g/mol. The summed E-state index contributed by atoms with van der Waals surface area (Å²) in [5.74, 6) is 0. The fourth-order valence-electron chi connectivity index (χ4n) is 2.81. The summed E-state index contributed by atoms with van der Waals surface area (Å²) >= 11 is 5.89. The van der Waals surface area contributed by atoms with E-state index in [4.69, 9.17) is 16.7 Å². The molecular formula is C15H21Cl2F3N2O. The van der Waals surface area contributed by atoms with Gasteiger partial charge in [0.2, 0.25) is 0 Å². The highest BCUT2D eigenvalue weighted by molar-refractivity contribution is 6.30. The molecule has 1 aliphatic heterocycles. The van der Waals surface area contributed by atoms with Crippen molar-refractivity contribution in [2.45, 2.75) is 25.1 Å². The Balaban J connectivity index is 0.00000264. The molecule has 0 amide bonds. The molecule has 1 atom stereocenters. The second-order valence-corrected chi connectivity index (χ2v) is 5.88. The van der Waals surface area contributed by atoms with Crippen molar-refractivity contribution >= 4 is 24.0 Å². The Bertz CT molecular complexity index is 494. The van der Waals surface area contributed by atoms with Gasteiger partial charge in [0.1, 0.15) is 0 Å². The highest BCUT2D eigenvalue weighted by atomic mass is 35.5. The third kappa shape index (κ3) is 5.80. The van der Waals surface area contributed by atoms with Crippen LogP contribution in [0.3, 0.4) is 0 Å². The first kappa shape index (κ1) is 20.5. The van der Waals surface area contributed by atoms with E-state index in [1.807, 2.05) is 0 Å². The number of hydrogen-bond acceptors (Lipinski definition) is 3.